The second kappa shape index (κ2) is 10.4. The highest BCUT2D eigenvalue weighted by Crippen LogP contribution is 2.31. The van der Waals surface area contributed by atoms with E-state index in [1.54, 1.807) is 45.9 Å². The summed E-state index contributed by atoms with van der Waals surface area (Å²) in [5.41, 5.74) is 0.286. The van der Waals surface area contributed by atoms with Crippen LogP contribution in [0.5, 0.6) is 0 Å². The van der Waals surface area contributed by atoms with Crippen LogP contribution in [0.15, 0.2) is 54.8 Å². The molecule has 0 saturated heterocycles. The summed E-state index contributed by atoms with van der Waals surface area (Å²) in [7, 11) is 0. The maximum atomic E-state index is 14.2. The highest BCUT2D eigenvalue weighted by Gasteiger charge is 2.32. The number of hydrogen-bond acceptors (Lipinski definition) is 4. The smallest absolute Gasteiger partial charge is 0.407 e. The van der Waals surface area contributed by atoms with Crippen molar-refractivity contribution in [1.82, 2.24) is 5.32 Å². The topological polar surface area (TPSA) is 78.8 Å². The van der Waals surface area contributed by atoms with Gasteiger partial charge in [0.15, 0.2) is 0 Å². The first-order valence-electron chi connectivity index (χ1n) is 10.4. The number of rotatable bonds is 8. The molecule has 0 spiro atoms. The molecule has 0 aromatic heterocycles. The Hall–Kier alpha value is -2.57. The van der Waals surface area contributed by atoms with Crippen LogP contribution in [0.1, 0.15) is 39.7 Å². The summed E-state index contributed by atoms with van der Waals surface area (Å²) in [4.78, 5) is 12.4. The van der Waals surface area contributed by atoms with Crippen molar-refractivity contribution in [2.75, 3.05) is 6.61 Å². The zero-order valence-electron chi connectivity index (χ0n) is 18.9. The third-order valence-corrected chi connectivity index (χ3v) is 5.37. The molecule has 2 aromatic carbocycles. The van der Waals surface area contributed by atoms with E-state index in [9.17, 15) is 19.4 Å². The van der Waals surface area contributed by atoms with Gasteiger partial charge in [0.1, 0.15) is 11.4 Å². The lowest BCUT2D eigenvalue weighted by molar-refractivity contribution is 0.0466. The minimum Gasteiger partial charge on any atom is -0.512 e. The molecule has 0 heterocycles. The van der Waals surface area contributed by atoms with Crippen molar-refractivity contribution in [1.29, 1.82) is 0 Å². The monoisotopic (exact) mass is 463 g/mol. The Balaban J connectivity index is 2.24. The van der Waals surface area contributed by atoms with Crippen molar-refractivity contribution in [3.8, 4) is 11.1 Å². The average Bonchev–Trinajstić information content (AvgIpc) is 2.68. The first-order valence-corrected chi connectivity index (χ1v) is 10.7. The van der Waals surface area contributed by atoms with Crippen LogP contribution in [-0.4, -0.2) is 34.6 Å². The van der Waals surface area contributed by atoms with Gasteiger partial charge in [0.2, 0.25) is 0 Å². The molecular weight excluding hydrogens is 433 g/mol. The number of halogens is 2. The quantitative estimate of drug-likeness (QED) is 0.417. The lowest BCUT2D eigenvalue weighted by Gasteiger charge is -2.32. The number of aliphatic hydroxyl groups is 2. The summed E-state index contributed by atoms with van der Waals surface area (Å²) < 4.78 is 19.5. The fraction of sp³-hybridized carbons (Fsp3) is 0.400. The van der Waals surface area contributed by atoms with Crippen LogP contribution in [0.3, 0.4) is 0 Å². The summed E-state index contributed by atoms with van der Waals surface area (Å²) in [5, 5.41) is 23.0. The first-order chi connectivity index (χ1) is 14.8. The fourth-order valence-corrected chi connectivity index (χ4v) is 3.46. The van der Waals surface area contributed by atoms with Crippen molar-refractivity contribution in [2.45, 2.75) is 52.2 Å². The van der Waals surface area contributed by atoms with Crippen LogP contribution in [0, 0.1) is 11.2 Å². The largest absolute Gasteiger partial charge is 0.512 e. The third kappa shape index (κ3) is 7.24. The van der Waals surface area contributed by atoms with Crippen molar-refractivity contribution < 1.29 is 24.1 Å². The SMILES string of the molecule is C=C(O)[C@](C)(CO)C[C@@H](Cc1ccc(-c2cc(Cl)ccc2F)cc1)NC(=O)OC(C)(C)C. The Bertz CT molecular complexity index is 955. The number of ether oxygens (including phenoxy) is 1. The highest BCUT2D eigenvalue weighted by atomic mass is 35.5. The van der Waals surface area contributed by atoms with Crippen LogP contribution < -0.4 is 5.32 Å². The Kier molecular flexibility index (Phi) is 8.32. The van der Waals surface area contributed by atoms with Crippen molar-refractivity contribution in [2.24, 2.45) is 5.41 Å². The molecule has 0 saturated carbocycles. The average molecular weight is 464 g/mol. The Morgan fingerprint density at radius 1 is 1.19 bits per heavy atom. The zero-order valence-corrected chi connectivity index (χ0v) is 19.7. The normalized spacial score (nSPS) is 14.3. The van der Waals surface area contributed by atoms with Gasteiger partial charge in [-0.05, 0) is 62.9 Å². The van der Waals surface area contributed by atoms with E-state index in [4.69, 9.17) is 16.3 Å². The lowest BCUT2D eigenvalue weighted by atomic mass is 9.81. The minimum atomic E-state index is -0.996. The predicted molar refractivity (Wildman–Crippen MR) is 125 cm³/mol. The van der Waals surface area contributed by atoms with Gasteiger partial charge < -0.3 is 20.3 Å². The van der Waals surface area contributed by atoms with Crippen LogP contribution in [-0.2, 0) is 11.2 Å². The second-order valence-electron chi connectivity index (χ2n) is 9.24. The summed E-state index contributed by atoms with van der Waals surface area (Å²) in [5.74, 6) is -0.533. The van der Waals surface area contributed by atoms with Gasteiger partial charge >= 0.3 is 6.09 Å². The molecular formula is C25H31ClFNO4. The molecule has 0 bridgehead atoms. The molecule has 2 atom stereocenters. The number of amides is 1. The van der Waals surface area contributed by atoms with Crippen LogP contribution in [0.25, 0.3) is 11.1 Å². The Morgan fingerprint density at radius 2 is 1.81 bits per heavy atom. The van der Waals surface area contributed by atoms with Gasteiger partial charge in [-0.25, -0.2) is 9.18 Å². The molecule has 32 heavy (non-hydrogen) atoms. The molecule has 0 aliphatic rings. The summed E-state index contributed by atoms with van der Waals surface area (Å²) in [6.07, 6.45) is 0.0485. The predicted octanol–water partition coefficient (Wildman–Crippen LogP) is 6.04. The van der Waals surface area contributed by atoms with E-state index in [1.807, 2.05) is 12.1 Å². The maximum absolute atomic E-state index is 14.2. The zero-order chi connectivity index (χ0) is 24.1. The molecule has 174 valence electrons. The highest BCUT2D eigenvalue weighted by molar-refractivity contribution is 6.30. The van der Waals surface area contributed by atoms with Crippen molar-refractivity contribution >= 4 is 17.7 Å². The molecule has 0 aliphatic heterocycles. The molecule has 0 aliphatic carbocycles. The lowest BCUT2D eigenvalue weighted by Crippen LogP contribution is -2.43. The fourth-order valence-electron chi connectivity index (χ4n) is 3.29. The van der Waals surface area contributed by atoms with Crippen molar-refractivity contribution in [3.63, 3.8) is 0 Å². The van der Waals surface area contributed by atoms with Gasteiger partial charge in [-0.2, -0.15) is 0 Å². The molecule has 2 rings (SSSR count). The number of benzene rings is 2. The second-order valence-corrected chi connectivity index (χ2v) is 9.67. The number of carbonyl (C=O) groups is 1. The van der Waals surface area contributed by atoms with E-state index in [1.165, 1.54) is 12.1 Å². The van der Waals surface area contributed by atoms with E-state index < -0.39 is 23.2 Å². The van der Waals surface area contributed by atoms with Crippen LogP contribution >= 0.6 is 11.6 Å². The first kappa shape index (κ1) is 25.7. The van der Waals surface area contributed by atoms with Gasteiger partial charge in [-0.1, -0.05) is 49.4 Å². The molecule has 5 nitrogen and oxygen atoms in total. The van der Waals surface area contributed by atoms with Gasteiger partial charge in [0.05, 0.1) is 12.4 Å². The summed E-state index contributed by atoms with van der Waals surface area (Å²) in [6.45, 7) is 10.2. The summed E-state index contributed by atoms with van der Waals surface area (Å²) >= 11 is 6.00. The van der Waals surface area contributed by atoms with Gasteiger partial charge in [-0.15, -0.1) is 0 Å². The summed E-state index contributed by atoms with van der Waals surface area (Å²) in [6, 6.07) is 11.2. The molecule has 2 aromatic rings. The standard InChI is InChI=1S/C25H31ClFNO4/c1-16(30)25(5,15-29)14-20(28-23(31)32-24(2,3)4)12-17-6-8-18(9-7-17)21-13-19(26)10-11-22(21)27/h6-11,13,20,29-30H,1,12,14-15H2,2-5H3,(H,28,31)/t20-,25+/m1/s1. The maximum Gasteiger partial charge on any atom is 0.407 e. The van der Waals surface area contributed by atoms with Gasteiger partial charge in [0.25, 0.3) is 0 Å². The molecule has 0 unspecified atom stereocenters. The van der Waals surface area contributed by atoms with Crippen molar-refractivity contribution in [3.05, 3.63) is 71.2 Å². The molecule has 1 amide bonds. The van der Waals surface area contributed by atoms with E-state index in [0.717, 1.165) is 5.56 Å². The van der Waals surface area contributed by atoms with E-state index in [0.29, 0.717) is 22.6 Å². The Morgan fingerprint density at radius 3 is 2.34 bits per heavy atom. The number of aliphatic hydroxyl groups excluding tert-OH is 2. The van der Waals surface area contributed by atoms with E-state index >= 15 is 0 Å². The molecule has 7 heteroatoms. The van der Waals surface area contributed by atoms with Crippen LogP contribution in [0.2, 0.25) is 5.02 Å². The minimum absolute atomic E-state index is 0.164. The number of nitrogens with one attached hydrogen (secondary N) is 1. The third-order valence-electron chi connectivity index (χ3n) is 5.14. The molecule has 0 fully saturated rings. The van der Waals surface area contributed by atoms with E-state index in [2.05, 4.69) is 11.9 Å². The number of carbonyl (C=O) groups excluding carboxylic acids is 1. The van der Waals surface area contributed by atoms with Gasteiger partial charge in [-0.3, -0.25) is 0 Å². The van der Waals surface area contributed by atoms with E-state index in [-0.39, 0.29) is 24.6 Å². The molecule has 0 radical (unpaired) electrons. The Labute approximate surface area is 193 Å². The number of hydrogen-bond donors (Lipinski definition) is 3. The van der Waals surface area contributed by atoms with Crippen LogP contribution in [0.4, 0.5) is 9.18 Å². The van der Waals surface area contributed by atoms with Gasteiger partial charge in [0, 0.05) is 22.0 Å². The molecule has 3 N–H and O–H groups in total. The number of alkyl carbamates (subject to hydrolysis) is 1.